The molecule has 0 saturated carbocycles. The summed E-state index contributed by atoms with van der Waals surface area (Å²) in [5.74, 6) is 0.917. The molecule has 0 bridgehead atoms. The van der Waals surface area contributed by atoms with Gasteiger partial charge in [0.1, 0.15) is 23.1 Å². The van der Waals surface area contributed by atoms with Crippen LogP contribution in [0.1, 0.15) is 45.1 Å². The van der Waals surface area contributed by atoms with Gasteiger partial charge in [-0.05, 0) is 31.9 Å². The number of rotatable bonds is 6. The van der Waals surface area contributed by atoms with Crippen molar-refractivity contribution in [2.45, 2.75) is 39.2 Å². The molecule has 2 aromatic rings. The van der Waals surface area contributed by atoms with Crippen LogP contribution >= 0.6 is 0 Å². The van der Waals surface area contributed by atoms with E-state index in [1.807, 2.05) is 26.8 Å². The van der Waals surface area contributed by atoms with Gasteiger partial charge >= 0.3 is 0 Å². The number of hydrogen-bond donors (Lipinski definition) is 1. The standard InChI is InChI=1S/C14H18N4O2/c1-4-14(5-2,19-6-3)13-17-12(20-18-13)11-8-7-10(9-15)16-11/h7-8,16H,4-6H2,1-3H3. The second kappa shape index (κ2) is 5.88. The summed E-state index contributed by atoms with van der Waals surface area (Å²) in [5.41, 5.74) is 0.584. The summed E-state index contributed by atoms with van der Waals surface area (Å²) in [6.45, 7) is 6.62. The maximum absolute atomic E-state index is 8.81. The van der Waals surface area contributed by atoms with Crippen LogP contribution in [0.2, 0.25) is 0 Å². The van der Waals surface area contributed by atoms with Gasteiger partial charge in [0.25, 0.3) is 5.89 Å². The van der Waals surface area contributed by atoms with Crippen LogP contribution in [0.4, 0.5) is 0 Å². The monoisotopic (exact) mass is 274 g/mol. The van der Waals surface area contributed by atoms with Crippen molar-refractivity contribution in [3.8, 4) is 17.7 Å². The van der Waals surface area contributed by atoms with Crippen LogP contribution in [0.25, 0.3) is 11.6 Å². The summed E-state index contributed by atoms with van der Waals surface area (Å²) in [4.78, 5) is 7.33. The van der Waals surface area contributed by atoms with E-state index in [1.165, 1.54) is 0 Å². The third-order valence-electron chi connectivity index (χ3n) is 3.43. The van der Waals surface area contributed by atoms with Gasteiger partial charge in [0, 0.05) is 6.61 Å². The highest BCUT2D eigenvalue weighted by Gasteiger charge is 2.34. The van der Waals surface area contributed by atoms with Gasteiger partial charge in [-0.15, -0.1) is 0 Å². The van der Waals surface area contributed by atoms with Crippen molar-refractivity contribution in [2.75, 3.05) is 6.61 Å². The SMILES string of the molecule is CCOC(CC)(CC)c1noc(-c2ccc(C#N)[nH]2)n1. The highest BCUT2D eigenvalue weighted by molar-refractivity contribution is 5.49. The molecular formula is C14H18N4O2. The number of aromatic amines is 1. The smallest absolute Gasteiger partial charge is 0.274 e. The molecule has 0 aliphatic rings. The Morgan fingerprint density at radius 1 is 1.35 bits per heavy atom. The fraction of sp³-hybridized carbons (Fsp3) is 0.500. The molecule has 0 amide bonds. The van der Waals surface area contributed by atoms with Crippen LogP contribution in [0.3, 0.4) is 0 Å². The van der Waals surface area contributed by atoms with E-state index in [-0.39, 0.29) is 0 Å². The van der Waals surface area contributed by atoms with Crippen molar-refractivity contribution in [1.82, 2.24) is 15.1 Å². The van der Waals surface area contributed by atoms with Gasteiger partial charge in [-0.2, -0.15) is 10.2 Å². The van der Waals surface area contributed by atoms with E-state index in [2.05, 4.69) is 15.1 Å². The molecule has 20 heavy (non-hydrogen) atoms. The van der Waals surface area contributed by atoms with E-state index >= 15 is 0 Å². The lowest BCUT2D eigenvalue weighted by Gasteiger charge is -2.27. The Morgan fingerprint density at radius 2 is 2.10 bits per heavy atom. The molecule has 0 atom stereocenters. The van der Waals surface area contributed by atoms with Crippen molar-refractivity contribution in [3.63, 3.8) is 0 Å². The fourth-order valence-corrected chi connectivity index (χ4v) is 2.21. The molecule has 2 heterocycles. The third-order valence-corrected chi connectivity index (χ3v) is 3.43. The molecule has 6 nitrogen and oxygen atoms in total. The number of ether oxygens (including phenoxy) is 1. The predicted molar refractivity (Wildman–Crippen MR) is 72.7 cm³/mol. The number of nitrogens with one attached hydrogen (secondary N) is 1. The van der Waals surface area contributed by atoms with Gasteiger partial charge in [0.05, 0.1) is 0 Å². The quantitative estimate of drug-likeness (QED) is 0.874. The first-order valence-electron chi connectivity index (χ1n) is 6.76. The van der Waals surface area contributed by atoms with Crippen LogP contribution in [0.15, 0.2) is 16.7 Å². The molecule has 0 spiro atoms. The molecule has 0 saturated heterocycles. The van der Waals surface area contributed by atoms with E-state index < -0.39 is 5.60 Å². The summed E-state index contributed by atoms with van der Waals surface area (Å²) in [6, 6.07) is 5.45. The van der Waals surface area contributed by atoms with Gasteiger partial charge < -0.3 is 14.2 Å². The van der Waals surface area contributed by atoms with Crippen molar-refractivity contribution < 1.29 is 9.26 Å². The molecule has 0 aromatic carbocycles. The molecule has 2 rings (SSSR count). The molecule has 0 fully saturated rings. The largest absolute Gasteiger partial charge is 0.367 e. The lowest BCUT2D eigenvalue weighted by molar-refractivity contribution is -0.0583. The van der Waals surface area contributed by atoms with Gasteiger partial charge in [0.15, 0.2) is 0 Å². The lowest BCUT2D eigenvalue weighted by Crippen LogP contribution is -2.29. The third kappa shape index (κ3) is 2.45. The zero-order valence-corrected chi connectivity index (χ0v) is 11.9. The first-order chi connectivity index (χ1) is 9.69. The first kappa shape index (κ1) is 14.3. The maximum atomic E-state index is 8.81. The molecule has 0 radical (unpaired) electrons. The zero-order chi connectivity index (χ0) is 14.6. The van der Waals surface area contributed by atoms with Gasteiger partial charge in [-0.25, -0.2) is 0 Å². The Kier molecular flexibility index (Phi) is 4.20. The molecule has 0 aliphatic carbocycles. The van der Waals surface area contributed by atoms with E-state index in [0.29, 0.717) is 29.7 Å². The highest BCUT2D eigenvalue weighted by atomic mass is 16.5. The Balaban J connectivity index is 2.34. The van der Waals surface area contributed by atoms with Crippen molar-refractivity contribution in [1.29, 1.82) is 5.26 Å². The predicted octanol–water partition coefficient (Wildman–Crippen LogP) is 2.99. The molecule has 106 valence electrons. The Hall–Kier alpha value is -2.13. The lowest BCUT2D eigenvalue weighted by atomic mass is 9.96. The average Bonchev–Trinajstić information content (AvgIpc) is 3.13. The summed E-state index contributed by atoms with van der Waals surface area (Å²) < 4.78 is 11.1. The Morgan fingerprint density at radius 3 is 2.65 bits per heavy atom. The van der Waals surface area contributed by atoms with Crippen LogP contribution in [-0.2, 0) is 10.3 Å². The van der Waals surface area contributed by atoms with E-state index in [4.69, 9.17) is 14.5 Å². The number of H-pyrrole nitrogens is 1. The summed E-state index contributed by atoms with van der Waals surface area (Å²) >= 11 is 0. The fourth-order valence-electron chi connectivity index (χ4n) is 2.21. The van der Waals surface area contributed by atoms with E-state index in [1.54, 1.807) is 12.1 Å². The first-order valence-corrected chi connectivity index (χ1v) is 6.76. The summed E-state index contributed by atoms with van der Waals surface area (Å²) in [7, 11) is 0. The summed E-state index contributed by atoms with van der Waals surface area (Å²) in [6.07, 6.45) is 1.54. The minimum Gasteiger partial charge on any atom is -0.367 e. The van der Waals surface area contributed by atoms with Gasteiger partial charge in [-0.3, -0.25) is 0 Å². The Labute approximate surface area is 117 Å². The van der Waals surface area contributed by atoms with Crippen LogP contribution in [-0.4, -0.2) is 21.7 Å². The molecule has 0 aliphatic heterocycles. The Bertz CT molecular complexity index is 605. The van der Waals surface area contributed by atoms with Crippen molar-refractivity contribution in [2.24, 2.45) is 0 Å². The number of aromatic nitrogens is 3. The second-order valence-electron chi connectivity index (χ2n) is 4.46. The van der Waals surface area contributed by atoms with Crippen molar-refractivity contribution >= 4 is 0 Å². The maximum Gasteiger partial charge on any atom is 0.274 e. The molecule has 2 aromatic heterocycles. The van der Waals surface area contributed by atoms with Crippen LogP contribution in [0.5, 0.6) is 0 Å². The molecular weight excluding hydrogens is 256 g/mol. The van der Waals surface area contributed by atoms with E-state index in [0.717, 1.165) is 12.8 Å². The average molecular weight is 274 g/mol. The molecule has 6 heteroatoms. The minimum absolute atomic E-state index is 0.368. The highest BCUT2D eigenvalue weighted by Crippen LogP contribution is 2.32. The van der Waals surface area contributed by atoms with Gasteiger partial charge in [0.2, 0.25) is 5.82 Å². The normalized spacial score (nSPS) is 11.5. The number of nitrogens with zero attached hydrogens (tertiary/aromatic N) is 3. The summed E-state index contributed by atoms with van der Waals surface area (Å²) in [5, 5.41) is 12.9. The van der Waals surface area contributed by atoms with Gasteiger partial charge in [-0.1, -0.05) is 19.0 Å². The van der Waals surface area contributed by atoms with E-state index in [9.17, 15) is 0 Å². The molecule has 1 N–H and O–H groups in total. The van der Waals surface area contributed by atoms with Crippen molar-refractivity contribution in [3.05, 3.63) is 23.7 Å². The van der Waals surface area contributed by atoms with Crippen LogP contribution in [0, 0.1) is 11.3 Å². The van der Waals surface area contributed by atoms with Crippen LogP contribution < -0.4 is 0 Å². The minimum atomic E-state index is -0.513. The topological polar surface area (TPSA) is 87.7 Å². The number of nitriles is 1. The second-order valence-corrected chi connectivity index (χ2v) is 4.46. The molecule has 0 unspecified atom stereocenters. The zero-order valence-electron chi connectivity index (χ0n) is 11.9. The number of hydrogen-bond acceptors (Lipinski definition) is 5.